The van der Waals surface area contributed by atoms with Gasteiger partial charge in [-0.15, -0.1) is 0 Å². The van der Waals surface area contributed by atoms with Crippen molar-refractivity contribution in [2.45, 2.75) is 39.2 Å². The van der Waals surface area contributed by atoms with Crippen molar-refractivity contribution in [3.05, 3.63) is 34.3 Å². The van der Waals surface area contributed by atoms with E-state index in [0.717, 1.165) is 37.3 Å². The van der Waals surface area contributed by atoms with Gasteiger partial charge in [-0.1, -0.05) is 24.6 Å². The molecule has 0 aromatic heterocycles. The van der Waals surface area contributed by atoms with Crippen LogP contribution in [0.15, 0.2) is 18.2 Å². The van der Waals surface area contributed by atoms with Crippen molar-refractivity contribution in [2.75, 3.05) is 26.2 Å². The average Bonchev–Trinajstić information content (AvgIpc) is 2.81. The van der Waals surface area contributed by atoms with Crippen LogP contribution in [0.1, 0.15) is 42.1 Å². The molecule has 3 fully saturated rings. The van der Waals surface area contributed by atoms with Crippen molar-refractivity contribution >= 4 is 17.5 Å². The molecular weight excluding hydrogens is 296 g/mol. The monoisotopic (exact) mass is 320 g/mol. The van der Waals surface area contributed by atoms with Crippen LogP contribution in [-0.4, -0.2) is 47.9 Å². The van der Waals surface area contributed by atoms with Crippen LogP contribution < -0.4 is 0 Å². The van der Waals surface area contributed by atoms with Crippen LogP contribution in [0.3, 0.4) is 0 Å². The second-order valence-corrected chi connectivity index (χ2v) is 7.12. The van der Waals surface area contributed by atoms with E-state index in [1.165, 1.54) is 19.3 Å². The predicted octanol–water partition coefficient (Wildman–Crippen LogP) is 3.59. The molecule has 3 nitrogen and oxygen atoms in total. The first-order valence-corrected chi connectivity index (χ1v) is 8.76. The van der Waals surface area contributed by atoms with Gasteiger partial charge in [0.25, 0.3) is 5.91 Å². The summed E-state index contributed by atoms with van der Waals surface area (Å²) in [7, 11) is 0. The standard InChI is InChI=1S/C18H25ClN2O/c1-3-9-20-10-14-7-8-15(20)12-21(11-14)18(22)16-5-4-6-17(19)13(16)2/h4-6,14-15H,3,7-12H2,1-2H3/t14-,15-/m1/s1. The summed E-state index contributed by atoms with van der Waals surface area (Å²) in [5.74, 6) is 0.768. The molecule has 1 aromatic rings. The molecule has 0 aliphatic carbocycles. The Morgan fingerprint density at radius 2 is 2.09 bits per heavy atom. The van der Waals surface area contributed by atoms with E-state index in [4.69, 9.17) is 11.6 Å². The first-order valence-electron chi connectivity index (χ1n) is 8.38. The van der Waals surface area contributed by atoms with E-state index in [2.05, 4.69) is 16.7 Å². The fourth-order valence-electron chi connectivity index (χ4n) is 3.92. The lowest BCUT2D eigenvalue weighted by atomic mass is 9.95. The Morgan fingerprint density at radius 3 is 2.86 bits per heavy atom. The van der Waals surface area contributed by atoms with Gasteiger partial charge in [-0.25, -0.2) is 0 Å². The third kappa shape index (κ3) is 3.02. The van der Waals surface area contributed by atoms with Gasteiger partial charge in [-0.2, -0.15) is 0 Å². The van der Waals surface area contributed by atoms with Gasteiger partial charge >= 0.3 is 0 Å². The van der Waals surface area contributed by atoms with Crippen molar-refractivity contribution < 1.29 is 4.79 Å². The van der Waals surface area contributed by atoms with Gasteiger partial charge in [0.15, 0.2) is 0 Å². The van der Waals surface area contributed by atoms with Gasteiger partial charge in [0.1, 0.15) is 0 Å². The number of nitrogens with zero attached hydrogens (tertiary/aromatic N) is 2. The summed E-state index contributed by atoms with van der Waals surface area (Å²) < 4.78 is 0. The molecule has 0 radical (unpaired) electrons. The highest BCUT2D eigenvalue weighted by Gasteiger charge is 2.36. The lowest BCUT2D eigenvalue weighted by Crippen LogP contribution is -2.44. The Labute approximate surface area is 138 Å². The van der Waals surface area contributed by atoms with E-state index >= 15 is 0 Å². The Bertz CT molecular complexity index is 560. The minimum absolute atomic E-state index is 0.148. The Kier molecular flexibility index (Phi) is 4.74. The number of fused-ring (bicyclic) bond motifs is 4. The Hall–Kier alpha value is -1.06. The summed E-state index contributed by atoms with van der Waals surface area (Å²) in [6.45, 7) is 8.22. The first-order chi connectivity index (χ1) is 10.6. The molecule has 120 valence electrons. The van der Waals surface area contributed by atoms with E-state index in [1.54, 1.807) is 0 Å². The SMILES string of the molecule is CCCN1C[C@H]2CC[C@@H]1CN(C(=O)c1cccc(Cl)c1C)C2. The summed E-state index contributed by atoms with van der Waals surface area (Å²) in [4.78, 5) is 17.6. The average molecular weight is 321 g/mol. The van der Waals surface area contributed by atoms with E-state index in [0.29, 0.717) is 17.0 Å². The molecule has 4 heteroatoms. The van der Waals surface area contributed by atoms with Crippen molar-refractivity contribution in [3.8, 4) is 0 Å². The fraction of sp³-hybridized carbons (Fsp3) is 0.611. The van der Waals surface area contributed by atoms with Crippen molar-refractivity contribution in [1.82, 2.24) is 9.80 Å². The van der Waals surface area contributed by atoms with Crippen LogP contribution in [-0.2, 0) is 0 Å². The van der Waals surface area contributed by atoms with E-state index in [9.17, 15) is 4.79 Å². The number of halogens is 1. The molecule has 0 saturated carbocycles. The zero-order chi connectivity index (χ0) is 15.7. The van der Waals surface area contributed by atoms with E-state index in [-0.39, 0.29) is 5.91 Å². The summed E-state index contributed by atoms with van der Waals surface area (Å²) in [6.07, 6.45) is 3.66. The Balaban J connectivity index is 1.81. The van der Waals surface area contributed by atoms with E-state index < -0.39 is 0 Å². The van der Waals surface area contributed by atoms with Crippen molar-refractivity contribution in [2.24, 2.45) is 5.92 Å². The van der Waals surface area contributed by atoms with Crippen LogP contribution in [0.2, 0.25) is 5.02 Å². The van der Waals surface area contributed by atoms with Crippen LogP contribution in [0.5, 0.6) is 0 Å². The number of hydrogen-bond donors (Lipinski definition) is 0. The predicted molar refractivity (Wildman–Crippen MR) is 90.5 cm³/mol. The zero-order valence-corrected chi connectivity index (χ0v) is 14.3. The maximum absolute atomic E-state index is 13.0. The second kappa shape index (κ2) is 6.59. The molecular formula is C18H25ClN2O. The second-order valence-electron chi connectivity index (χ2n) is 6.71. The number of carbonyl (C=O) groups excluding carboxylic acids is 1. The van der Waals surface area contributed by atoms with Crippen LogP contribution in [0.25, 0.3) is 0 Å². The number of piperidine rings is 1. The summed E-state index contributed by atoms with van der Waals surface area (Å²) in [5, 5.41) is 0.677. The molecule has 2 bridgehead atoms. The zero-order valence-electron chi connectivity index (χ0n) is 13.5. The number of hydrogen-bond acceptors (Lipinski definition) is 2. The summed E-state index contributed by atoms with van der Waals surface area (Å²) in [6, 6.07) is 6.16. The molecule has 4 rings (SSSR count). The topological polar surface area (TPSA) is 23.6 Å². The molecule has 22 heavy (non-hydrogen) atoms. The molecule has 3 aliphatic rings. The van der Waals surface area contributed by atoms with Crippen LogP contribution in [0, 0.1) is 12.8 Å². The number of benzene rings is 1. The van der Waals surface area contributed by atoms with E-state index in [1.807, 2.05) is 25.1 Å². The van der Waals surface area contributed by atoms with Gasteiger partial charge in [-0.3, -0.25) is 9.69 Å². The molecule has 3 heterocycles. The van der Waals surface area contributed by atoms with Gasteiger partial charge in [0.2, 0.25) is 0 Å². The normalized spacial score (nSPS) is 25.3. The molecule has 0 spiro atoms. The molecule has 0 N–H and O–H groups in total. The minimum atomic E-state index is 0.148. The minimum Gasteiger partial charge on any atom is -0.337 e. The highest BCUT2D eigenvalue weighted by Crippen LogP contribution is 2.29. The third-order valence-electron chi connectivity index (χ3n) is 5.12. The highest BCUT2D eigenvalue weighted by molar-refractivity contribution is 6.31. The Morgan fingerprint density at radius 1 is 1.27 bits per heavy atom. The number of rotatable bonds is 3. The number of carbonyl (C=O) groups is 1. The molecule has 1 aromatic carbocycles. The molecule has 0 unspecified atom stereocenters. The maximum Gasteiger partial charge on any atom is 0.254 e. The lowest BCUT2D eigenvalue weighted by molar-refractivity contribution is 0.0737. The highest BCUT2D eigenvalue weighted by atomic mass is 35.5. The van der Waals surface area contributed by atoms with Crippen LogP contribution in [0.4, 0.5) is 0 Å². The largest absolute Gasteiger partial charge is 0.337 e. The fourth-order valence-corrected chi connectivity index (χ4v) is 4.09. The molecule has 3 saturated heterocycles. The first kappa shape index (κ1) is 15.8. The molecule has 2 atom stereocenters. The van der Waals surface area contributed by atoms with Gasteiger partial charge < -0.3 is 4.90 Å². The summed E-state index contributed by atoms with van der Waals surface area (Å²) in [5.41, 5.74) is 1.66. The summed E-state index contributed by atoms with van der Waals surface area (Å²) >= 11 is 6.18. The van der Waals surface area contributed by atoms with Crippen LogP contribution >= 0.6 is 11.6 Å². The van der Waals surface area contributed by atoms with Crippen molar-refractivity contribution in [1.29, 1.82) is 0 Å². The van der Waals surface area contributed by atoms with Gasteiger partial charge in [-0.05, 0) is 56.3 Å². The number of amides is 1. The molecule has 3 aliphatic heterocycles. The molecule has 1 amide bonds. The smallest absolute Gasteiger partial charge is 0.254 e. The third-order valence-corrected chi connectivity index (χ3v) is 5.53. The lowest BCUT2D eigenvalue weighted by Gasteiger charge is -2.35. The van der Waals surface area contributed by atoms with Gasteiger partial charge in [0, 0.05) is 36.3 Å². The van der Waals surface area contributed by atoms with Gasteiger partial charge in [0.05, 0.1) is 0 Å². The quantitative estimate of drug-likeness (QED) is 0.849. The maximum atomic E-state index is 13.0. The van der Waals surface area contributed by atoms with Crippen molar-refractivity contribution in [3.63, 3.8) is 0 Å².